The fraction of sp³-hybridized carbons (Fsp3) is 0.632. The van der Waals surface area contributed by atoms with E-state index in [4.69, 9.17) is 0 Å². The van der Waals surface area contributed by atoms with Gasteiger partial charge in [0, 0.05) is 12.0 Å². The third-order valence-corrected chi connectivity index (χ3v) is 4.07. The van der Waals surface area contributed by atoms with Gasteiger partial charge in [-0.05, 0) is 49.5 Å². The number of ketones is 1. The van der Waals surface area contributed by atoms with Gasteiger partial charge in [0.2, 0.25) is 0 Å². The van der Waals surface area contributed by atoms with Crippen LogP contribution in [-0.2, 0) is 5.41 Å². The molecule has 2 heteroatoms. The second kappa shape index (κ2) is 8.33. The lowest BCUT2D eigenvalue weighted by molar-refractivity contribution is 0.0978. The molecule has 0 aliphatic rings. The summed E-state index contributed by atoms with van der Waals surface area (Å²) in [6.45, 7) is 14.2. The Morgan fingerprint density at radius 3 is 2.33 bits per heavy atom. The molecule has 21 heavy (non-hydrogen) atoms. The van der Waals surface area contributed by atoms with Gasteiger partial charge < -0.3 is 4.90 Å². The standard InChI is InChI=1S/C19H31NO/c1-6-20(7-2)14-9-8-13-18(21)16-11-10-12-17(15-16)19(3,4)5/h10-12,15H,6-9,13-14H2,1-5H3. The van der Waals surface area contributed by atoms with Crippen molar-refractivity contribution in [2.24, 2.45) is 0 Å². The zero-order valence-corrected chi connectivity index (χ0v) is 14.4. The van der Waals surface area contributed by atoms with E-state index in [1.807, 2.05) is 12.1 Å². The van der Waals surface area contributed by atoms with Crippen molar-refractivity contribution in [3.05, 3.63) is 35.4 Å². The molecule has 0 saturated heterocycles. The van der Waals surface area contributed by atoms with E-state index in [1.165, 1.54) is 5.56 Å². The van der Waals surface area contributed by atoms with Gasteiger partial charge in [-0.1, -0.05) is 52.8 Å². The summed E-state index contributed by atoms with van der Waals surface area (Å²) >= 11 is 0. The molecule has 0 heterocycles. The molecule has 0 unspecified atom stereocenters. The second-order valence-corrected chi connectivity index (χ2v) is 6.74. The monoisotopic (exact) mass is 289 g/mol. The maximum absolute atomic E-state index is 12.3. The van der Waals surface area contributed by atoms with Crippen molar-refractivity contribution >= 4 is 5.78 Å². The molecule has 0 amide bonds. The van der Waals surface area contributed by atoms with E-state index >= 15 is 0 Å². The number of hydrogen-bond acceptors (Lipinski definition) is 2. The van der Waals surface area contributed by atoms with Gasteiger partial charge in [0.15, 0.2) is 5.78 Å². The molecule has 0 spiro atoms. The summed E-state index contributed by atoms with van der Waals surface area (Å²) in [5.41, 5.74) is 2.20. The molecular weight excluding hydrogens is 258 g/mol. The number of Topliss-reactive ketones (excluding diaryl/α,β-unsaturated/α-hetero) is 1. The number of unbranched alkanes of at least 4 members (excludes halogenated alkanes) is 1. The zero-order valence-electron chi connectivity index (χ0n) is 14.4. The molecule has 0 aliphatic carbocycles. The highest BCUT2D eigenvalue weighted by Gasteiger charge is 2.15. The van der Waals surface area contributed by atoms with Gasteiger partial charge in [0.1, 0.15) is 0 Å². The molecule has 0 aliphatic heterocycles. The number of rotatable bonds is 8. The summed E-state index contributed by atoms with van der Waals surface area (Å²) in [7, 11) is 0. The SMILES string of the molecule is CCN(CC)CCCCC(=O)c1cccc(C(C)(C)C)c1. The molecule has 118 valence electrons. The summed E-state index contributed by atoms with van der Waals surface area (Å²) in [5, 5.41) is 0. The fourth-order valence-electron chi connectivity index (χ4n) is 2.46. The van der Waals surface area contributed by atoms with Crippen LogP contribution in [0.4, 0.5) is 0 Å². The third-order valence-electron chi connectivity index (χ3n) is 4.07. The van der Waals surface area contributed by atoms with Crippen molar-refractivity contribution in [3.63, 3.8) is 0 Å². The Kier molecular flexibility index (Phi) is 7.10. The van der Waals surface area contributed by atoms with Gasteiger partial charge in [0.25, 0.3) is 0 Å². The van der Waals surface area contributed by atoms with Crippen LogP contribution >= 0.6 is 0 Å². The summed E-state index contributed by atoms with van der Waals surface area (Å²) in [6.07, 6.45) is 2.75. The van der Waals surface area contributed by atoms with Gasteiger partial charge in [-0.3, -0.25) is 4.79 Å². The Morgan fingerprint density at radius 1 is 1.10 bits per heavy atom. The zero-order chi connectivity index (χ0) is 15.9. The highest BCUT2D eigenvalue weighted by molar-refractivity contribution is 5.96. The molecule has 2 nitrogen and oxygen atoms in total. The van der Waals surface area contributed by atoms with Crippen LogP contribution in [0.1, 0.15) is 69.8 Å². The molecule has 0 aromatic heterocycles. The number of hydrogen-bond donors (Lipinski definition) is 0. The average Bonchev–Trinajstić information content (AvgIpc) is 2.46. The fourth-order valence-corrected chi connectivity index (χ4v) is 2.46. The lowest BCUT2D eigenvalue weighted by Gasteiger charge is -2.19. The lowest BCUT2D eigenvalue weighted by Crippen LogP contribution is -2.24. The number of nitrogens with zero attached hydrogens (tertiary/aromatic N) is 1. The number of carbonyl (C=O) groups excluding carboxylic acids is 1. The summed E-state index contributed by atoms with van der Waals surface area (Å²) in [4.78, 5) is 14.7. The van der Waals surface area contributed by atoms with Crippen LogP contribution in [0.2, 0.25) is 0 Å². The Bertz CT molecular complexity index is 441. The average molecular weight is 289 g/mol. The highest BCUT2D eigenvalue weighted by Crippen LogP contribution is 2.23. The van der Waals surface area contributed by atoms with Crippen molar-refractivity contribution in [1.29, 1.82) is 0 Å². The minimum atomic E-state index is 0.0963. The quantitative estimate of drug-likeness (QED) is 0.511. The molecule has 0 atom stereocenters. The molecular formula is C19H31NO. The van der Waals surface area contributed by atoms with Crippen LogP contribution < -0.4 is 0 Å². The van der Waals surface area contributed by atoms with E-state index < -0.39 is 0 Å². The van der Waals surface area contributed by atoms with Crippen molar-refractivity contribution in [2.45, 2.75) is 59.3 Å². The third kappa shape index (κ3) is 6.01. The minimum Gasteiger partial charge on any atom is -0.304 e. The van der Waals surface area contributed by atoms with Gasteiger partial charge in [-0.25, -0.2) is 0 Å². The normalized spacial score (nSPS) is 11.9. The van der Waals surface area contributed by atoms with Crippen molar-refractivity contribution in [3.8, 4) is 0 Å². The Morgan fingerprint density at radius 2 is 1.76 bits per heavy atom. The molecule has 0 N–H and O–H groups in total. The van der Waals surface area contributed by atoms with E-state index in [-0.39, 0.29) is 11.2 Å². The summed E-state index contributed by atoms with van der Waals surface area (Å²) < 4.78 is 0. The smallest absolute Gasteiger partial charge is 0.162 e. The summed E-state index contributed by atoms with van der Waals surface area (Å²) in [6, 6.07) is 8.12. The largest absolute Gasteiger partial charge is 0.304 e. The molecule has 1 rings (SSSR count). The maximum Gasteiger partial charge on any atom is 0.162 e. The van der Waals surface area contributed by atoms with Crippen molar-refractivity contribution in [2.75, 3.05) is 19.6 Å². The highest BCUT2D eigenvalue weighted by atomic mass is 16.1. The lowest BCUT2D eigenvalue weighted by atomic mass is 9.85. The molecule has 0 radical (unpaired) electrons. The van der Waals surface area contributed by atoms with Gasteiger partial charge in [0.05, 0.1) is 0 Å². The van der Waals surface area contributed by atoms with E-state index in [0.717, 1.165) is 38.0 Å². The van der Waals surface area contributed by atoms with Gasteiger partial charge in [-0.15, -0.1) is 0 Å². The first kappa shape index (κ1) is 17.9. The molecule has 1 aromatic carbocycles. The van der Waals surface area contributed by atoms with E-state index in [2.05, 4.69) is 51.7 Å². The van der Waals surface area contributed by atoms with Crippen LogP contribution in [0.5, 0.6) is 0 Å². The topological polar surface area (TPSA) is 20.3 Å². The Hall–Kier alpha value is -1.15. The first-order valence-corrected chi connectivity index (χ1v) is 8.24. The van der Waals surface area contributed by atoms with Crippen LogP contribution in [0.3, 0.4) is 0 Å². The predicted octanol–water partition coefficient (Wildman–Crippen LogP) is 4.68. The van der Waals surface area contributed by atoms with Crippen LogP contribution in [0.25, 0.3) is 0 Å². The van der Waals surface area contributed by atoms with E-state index in [9.17, 15) is 4.79 Å². The van der Waals surface area contributed by atoms with Gasteiger partial charge in [-0.2, -0.15) is 0 Å². The van der Waals surface area contributed by atoms with Crippen LogP contribution in [0, 0.1) is 0 Å². The first-order chi connectivity index (χ1) is 9.88. The Labute approximate surface area is 130 Å². The maximum atomic E-state index is 12.3. The van der Waals surface area contributed by atoms with E-state index in [0.29, 0.717) is 6.42 Å². The molecule has 0 saturated carbocycles. The number of benzene rings is 1. The molecule has 1 aromatic rings. The predicted molar refractivity (Wildman–Crippen MR) is 91.1 cm³/mol. The second-order valence-electron chi connectivity index (χ2n) is 6.74. The van der Waals surface area contributed by atoms with E-state index in [1.54, 1.807) is 0 Å². The van der Waals surface area contributed by atoms with Gasteiger partial charge >= 0.3 is 0 Å². The molecule has 0 bridgehead atoms. The number of carbonyl (C=O) groups is 1. The first-order valence-electron chi connectivity index (χ1n) is 8.24. The Balaban J connectivity index is 2.49. The minimum absolute atomic E-state index is 0.0963. The van der Waals surface area contributed by atoms with Crippen LogP contribution in [0.15, 0.2) is 24.3 Å². The summed E-state index contributed by atoms with van der Waals surface area (Å²) in [5.74, 6) is 0.278. The van der Waals surface area contributed by atoms with Crippen molar-refractivity contribution in [1.82, 2.24) is 4.90 Å². The van der Waals surface area contributed by atoms with Crippen LogP contribution in [-0.4, -0.2) is 30.3 Å². The van der Waals surface area contributed by atoms with Crippen molar-refractivity contribution < 1.29 is 4.79 Å². The molecule has 0 fully saturated rings.